The second-order valence-corrected chi connectivity index (χ2v) is 5.26. The third-order valence-electron chi connectivity index (χ3n) is 2.74. The second-order valence-electron chi connectivity index (χ2n) is 4.17. The van der Waals surface area contributed by atoms with Crippen LogP contribution in [0.25, 0.3) is 0 Å². The van der Waals surface area contributed by atoms with E-state index in [-0.39, 0.29) is 10.7 Å². The molecule has 106 valence electrons. The fourth-order valence-electron chi connectivity index (χ4n) is 1.73. The molecule has 0 fully saturated rings. The lowest BCUT2D eigenvalue weighted by molar-refractivity contribution is 0.565. The van der Waals surface area contributed by atoms with Crippen LogP contribution in [0.5, 0.6) is 0 Å². The Morgan fingerprint density at radius 1 is 1.00 bits per heavy atom. The minimum absolute atomic E-state index is 0.273. The van der Waals surface area contributed by atoms with Crippen LogP contribution in [0.3, 0.4) is 0 Å². The molecule has 0 atom stereocenters. The van der Waals surface area contributed by atoms with Gasteiger partial charge in [-0.25, -0.2) is 13.2 Å². The van der Waals surface area contributed by atoms with Gasteiger partial charge in [-0.15, -0.1) is 0 Å². The zero-order valence-corrected chi connectivity index (χ0v) is 11.7. The van der Waals surface area contributed by atoms with Gasteiger partial charge in [0.05, 0.1) is 0 Å². The van der Waals surface area contributed by atoms with Crippen molar-refractivity contribution in [3.63, 3.8) is 0 Å². The van der Waals surface area contributed by atoms with Gasteiger partial charge >= 0.3 is 0 Å². The van der Waals surface area contributed by atoms with Gasteiger partial charge in [0, 0.05) is 28.0 Å². The highest BCUT2D eigenvalue weighted by Crippen LogP contribution is 2.33. The van der Waals surface area contributed by atoms with Gasteiger partial charge in [-0.3, -0.25) is 0 Å². The Labute approximate surface area is 120 Å². The molecule has 0 saturated heterocycles. The third kappa shape index (κ3) is 3.55. The molecule has 0 heterocycles. The van der Waals surface area contributed by atoms with Crippen LogP contribution in [0, 0.1) is 17.5 Å². The predicted octanol–water partition coefficient (Wildman–Crippen LogP) is 4.36. The first-order valence-corrected chi connectivity index (χ1v) is 7.04. The average molecular weight is 297 g/mol. The Morgan fingerprint density at radius 3 is 2.50 bits per heavy atom. The summed E-state index contributed by atoms with van der Waals surface area (Å²) in [6, 6.07) is 8.05. The van der Waals surface area contributed by atoms with E-state index < -0.39 is 11.6 Å². The molecule has 0 aliphatic carbocycles. The van der Waals surface area contributed by atoms with Crippen molar-refractivity contribution in [3.8, 4) is 0 Å². The quantitative estimate of drug-likeness (QED) is 0.880. The summed E-state index contributed by atoms with van der Waals surface area (Å²) in [4.78, 5) is 0.895. The molecule has 0 aliphatic heterocycles. The smallest absolute Gasteiger partial charge is 0.140 e. The molecule has 5 heteroatoms. The molecule has 0 spiro atoms. The van der Waals surface area contributed by atoms with E-state index in [0.717, 1.165) is 17.8 Å². The van der Waals surface area contributed by atoms with Crippen LogP contribution in [0.2, 0.25) is 0 Å². The Morgan fingerprint density at radius 2 is 1.80 bits per heavy atom. The van der Waals surface area contributed by atoms with Crippen LogP contribution in [0.15, 0.2) is 46.2 Å². The van der Waals surface area contributed by atoms with Crippen molar-refractivity contribution in [1.29, 1.82) is 0 Å². The largest absolute Gasteiger partial charge is 0.313 e. The normalized spacial score (nSPS) is 10.8. The van der Waals surface area contributed by atoms with Crippen molar-refractivity contribution in [2.75, 3.05) is 6.54 Å². The van der Waals surface area contributed by atoms with Crippen LogP contribution < -0.4 is 5.32 Å². The van der Waals surface area contributed by atoms with E-state index in [1.54, 1.807) is 12.1 Å². The van der Waals surface area contributed by atoms with Crippen molar-refractivity contribution >= 4 is 11.8 Å². The topological polar surface area (TPSA) is 12.0 Å². The van der Waals surface area contributed by atoms with E-state index in [1.807, 2.05) is 6.92 Å². The molecule has 0 radical (unpaired) electrons. The first-order valence-electron chi connectivity index (χ1n) is 6.23. The number of benzene rings is 2. The summed E-state index contributed by atoms with van der Waals surface area (Å²) in [5.74, 6) is -1.61. The van der Waals surface area contributed by atoms with Crippen molar-refractivity contribution in [1.82, 2.24) is 5.32 Å². The molecule has 2 aromatic rings. The van der Waals surface area contributed by atoms with E-state index in [1.165, 1.54) is 18.2 Å². The van der Waals surface area contributed by atoms with Crippen molar-refractivity contribution in [2.24, 2.45) is 0 Å². The van der Waals surface area contributed by atoms with Gasteiger partial charge in [0.15, 0.2) is 0 Å². The van der Waals surface area contributed by atoms with Crippen LogP contribution in [0.4, 0.5) is 13.2 Å². The highest BCUT2D eigenvalue weighted by atomic mass is 32.2. The average Bonchev–Trinajstić information content (AvgIpc) is 2.41. The van der Waals surface area contributed by atoms with Crippen LogP contribution in [-0.4, -0.2) is 6.54 Å². The summed E-state index contributed by atoms with van der Waals surface area (Å²) in [5, 5.41) is 3.05. The van der Waals surface area contributed by atoms with Crippen LogP contribution in [0.1, 0.15) is 12.5 Å². The zero-order chi connectivity index (χ0) is 14.5. The van der Waals surface area contributed by atoms with Gasteiger partial charge in [-0.05, 0) is 30.8 Å². The van der Waals surface area contributed by atoms with Gasteiger partial charge in [0.25, 0.3) is 0 Å². The van der Waals surface area contributed by atoms with Gasteiger partial charge < -0.3 is 5.32 Å². The molecular formula is C15H14F3NS. The summed E-state index contributed by atoms with van der Waals surface area (Å²) in [7, 11) is 0. The number of hydrogen-bond donors (Lipinski definition) is 1. The molecule has 0 aliphatic rings. The molecule has 1 N–H and O–H groups in total. The minimum atomic E-state index is -0.645. The van der Waals surface area contributed by atoms with Crippen molar-refractivity contribution < 1.29 is 13.2 Å². The summed E-state index contributed by atoms with van der Waals surface area (Å²) in [6.07, 6.45) is 0. The number of nitrogens with one attached hydrogen (secondary N) is 1. The monoisotopic (exact) mass is 297 g/mol. The van der Waals surface area contributed by atoms with E-state index >= 15 is 0 Å². The third-order valence-corrected chi connectivity index (χ3v) is 3.89. The Hall–Kier alpha value is -1.46. The summed E-state index contributed by atoms with van der Waals surface area (Å²) < 4.78 is 40.4. The zero-order valence-electron chi connectivity index (χ0n) is 10.9. The highest BCUT2D eigenvalue weighted by Gasteiger charge is 2.12. The Balaban J connectivity index is 2.30. The van der Waals surface area contributed by atoms with E-state index in [2.05, 4.69) is 5.32 Å². The molecule has 0 aromatic heterocycles. The van der Waals surface area contributed by atoms with Crippen LogP contribution >= 0.6 is 11.8 Å². The maximum Gasteiger partial charge on any atom is 0.140 e. The lowest BCUT2D eigenvalue weighted by atomic mass is 10.2. The molecule has 0 unspecified atom stereocenters. The van der Waals surface area contributed by atoms with Crippen LogP contribution in [-0.2, 0) is 6.54 Å². The minimum Gasteiger partial charge on any atom is -0.313 e. The first kappa shape index (κ1) is 14.9. The van der Waals surface area contributed by atoms with E-state index in [9.17, 15) is 13.2 Å². The van der Waals surface area contributed by atoms with Crippen molar-refractivity contribution in [3.05, 3.63) is 59.4 Å². The number of hydrogen-bond acceptors (Lipinski definition) is 2. The lowest BCUT2D eigenvalue weighted by Crippen LogP contribution is -2.13. The molecule has 0 amide bonds. The second kappa shape index (κ2) is 6.81. The molecule has 0 bridgehead atoms. The Kier molecular flexibility index (Phi) is 5.09. The fourth-order valence-corrected chi connectivity index (χ4v) is 2.70. The van der Waals surface area contributed by atoms with Crippen molar-refractivity contribution in [2.45, 2.75) is 23.3 Å². The molecule has 1 nitrogen and oxygen atoms in total. The summed E-state index contributed by atoms with van der Waals surface area (Å²) >= 11 is 1.09. The Bertz CT molecular complexity index is 602. The molecule has 0 saturated carbocycles. The lowest BCUT2D eigenvalue weighted by Gasteiger charge is -2.11. The first-order chi connectivity index (χ1) is 9.61. The fraction of sp³-hybridized carbons (Fsp3) is 0.200. The maximum absolute atomic E-state index is 13.8. The highest BCUT2D eigenvalue weighted by molar-refractivity contribution is 7.99. The van der Waals surface area contributed by atoms with Gasteiger partial charge in [0.2, 0.25) is 0 Å². The summed E-state index contributed by atoms with van der Waals surface area (Å²) in [6.45, 7) is 3.00. The standard InChI is InChI=1S/C15H14F3NS/c1-2-19-9-11-12(17)4-3-5-14(11)20-15-7-6-10(16)8-13(15)18/h3-8,19H,2,9H2,1H3. The SMILES string of the molecule is CCNCc1c(F)cccc1Sc1ccc(F)cc1F. The molecule has 20 heavy (non-hydrogen) atoms. The number of halogens is 3. The van der Waals surface area contributed by atoms with E-state index in [0.29, 0.717) is 23.5 Å². The number of rotatable bonds is 5. The van der Waals surface area contributed by atoms with Gasteiger partial charge in [-0.1, -0.05) is 24.8 Å². The molecule has 2 aromatic carbocycles. The molecular weight excluding hydrogens is 283 g/mol. The van der Waals surface area contributed by atoms with E-state index in [4.69, 9.17) is 0 Å². The van der Waals surface area contributed by atoms with Gasteiger partial charge in [0.1, 0.15) is 17.5 Å². The molecule has 2 rings (SSSR count). The van der Waals surface area contributed by atoms with Gasteiger partial charge in [-0.2, -0.15) is 0 Å². The summed E-state index contributed by atoms with van der Waals surface area (Å²) in [5.41, 5.74) is 0.489. The predicted molar refractivity (Wildman–Crippen MR) is 74.3 cm³/mol. The maximum atomic E-state index is 13.8.